The van der Waals surface area contributed by atoms with Crippen molar-refractivity contribution < 1.29 is 9.53 Å². The normalized spacial score (nSPS) is 12.0. The topological polar surface area (TPSA) is 38.3 Å². The van der Waals surface area contributed by atoms with E-state index in [9.17, 15) is 4.79 Å². The molecular formula is C23H25NO2. The number of carbonyl (C=O) groups excluding carboxylic acids is 1. The smallest absolute Gasteiger partial charge is 0.261 e. The van der Waals surface area contributed by atoms with E-state index < -0.39 is 6.10 Å². The van der Waals surface area contributed by atoms with Gasteiger partial charge in [-0.2, -0.15) is 0 Å². The maximum absolute atomic E-state index is 12.6. The number of amides is 1. The summed E-state index contributed by atoms with van der Waals surface area (Å²) in [4.78, 5) is 12.6. The Bertz CT molecular complexity index is 917. The summed E-state index contributed by atoms with van der Waals surface area (Å²) in [5.41, 5.74) is 3.32. The molecule has 1 N–H and O–H groups in total. The van der Waals surface area contributed by atoms with E-state index in [0.29, 0.717) is 13.0 Å². The minimum Gasteiger partial charge on any atom is -0.480 e. The van der Waals surface area contributed by atoms with Gasteiger partial charge in [0, 0.05) is 6.54 Å². The Labute approximate surface area is 155 Å². The molecule has 0 radical (unpaired) electrons. The first-order chi connectivity index (χ1) is 12.6. The number of hydrogen-bond acceptors (Lipinski definition) is 2. The predicted octanol–water partition coefficient (Wildman–Crippen LogP) is 4.93. The molecule has 3 aromatic rings. The number of fused-ring (bicyclic) bond motifs is 1. The zero-order valence-electron chi connectivity index (χ0n) is 15.6. The molecule has 26 heavy (non-hydrogen) atoms. The Morgan fingerprint density at radius 2 is 1.77 bits per heavy atom. The molecule has 3 rings (SSSR count). The lowest BCUT2D eigenvalue weighted by molar-refractivity contribution is -0.128. The highest BCUT2D eigenvalue weighted by atomic mass is 16.5. The van der Waals surface area contributed by atoms with Crippen molar-refractivity contribution in [3.63, 3.8) is 0 Å². The lowest BCUT2D eigenvalue weighted by atomic mass is 10.1. The van der Waals surface area contributed by atoms with Gasteiger partial charge in [0.25, 0.3) is 5.91 Å². The van der Waals surface area contributed by atoms with Gasteiger partial charge in [0.15, 0.2) is 6.10 Å². The van der Waals surface area contributed by atoms with E-state index in [1.54, 1.807) is 0 Å². The molecule has 3 nitrogen and oxygen atoms in total. The van der Waals surface area contributed by atoms with Gasteiger partial charge in [-0.1, -0.05) is 55.5 Å². The third kappa shape index (κ3) is 4.05. The highest BCUT2D eigenvalue weighted by Gasteiger charge is 2.19. The van der Waals surface area contributed by atoms with E-state index in [4.69, 9.17) is 4.74 Å². The molecule has 0 aromatic heterocycles. The van der Waals surface area contributed by atoms with E-state index in [2.05, 4.69) is 35.6 Å². The third-order valence-corrected chi connectivity index (χ3v) is 4.77. The molecule has 3 heteroatoms. The summed E-state index contributed by atoms with van der Waals surface area (Å²) in [7, 11) is 0. The molecular weight excluding hydrogens is 322 g/mol. The van der Waals surface area contributed by atoms with Crippen LogP contribution in [0.5, 0.6) is 5.75 Å². The van der Waals surface area contributed by atoms with Crippen LogP contribution in [0.4, 0.5) is 0 Å². The number of hydrogen-bond donors (Lipinski definition) is 1. The van der Waals surface area contributed by atoms with Crippen LogP contribution < -0.4 is 10.1 Å². The Hall–Kier alpha value is -2.81. The van der Waals surface area contributed by atoms with Gasteiger partial charge < -0.3 is 10.1 Å². The van der Waals surface area contributed by atoms with E-state index in [1.165, 1.54) is 10.8 Å². The fraction of sp³-hybridized carbons (Fsp3) is 0.261. The third-order valence-electron chi connectivity index (χ3n) is 4.77. The summed E-state index contributed by atoms with van der Waals surface area (Å²) in [5, 5.41) is 5.38. The van der Waals surface area contributed by atoms with E-state index >= 15 is 0 Å². The summed E-state index contributed by atoms with van der Waals surface area (Å²) >= 11 is 0. The Kier molecular flexibility index (Phi) is 5.57. The molecule has 3 aromatic carbocycles. The van der Waals surface area contributed by atoms with Gasteiger partial charge in [-0.25, -0.2) is 0 Å². The van der Waals surface area contributed by atoms with Crippen molar-refractivity contribution in [3.8, 4) is 5.75 Å². The summed E-state index contributed by atoms with van der Waals surface area (Å²) in [6, 6.07) is 20.4. The molecule has 0 saturated heterocycles. The Balaban J connectivity index is 1.65. The van der Waals surface area contributed by atoms with Gasteiger partial charge in [0.2, 0.25) is 0 Å². The molecule has 0 fully saturated rings. The van der Waals surface area contributed by atoms with Crippen LogP contribution in [-0.4, -0.2) is 12.0 Å². The monoisotopic (exact) mass is 347 g/mol. The fourth-order valence-electron chi connectivity index (χ4n) is 2.98. The average Bonchev–Trinajstić information content (AvgIpc) is 2.67. The second kappa shape index (κ2) is 8.05. The first-order valence-electron chi connectivity index (χ1n) is 9.06. The van der Waals surface area contributed by atoms with Crippen LogP contribution in [0.15, 0.2) is 60.7 Å². The molecule has 0 saturated carbocycles. The van der Waals surface area contributed by atoms with Crippen LogP contribution in [0.1, 0.15) is 30.0 Å². The molecule has 1 atom stereocenters. The quantitative estimate of drug-likeness (QED) is 0.686. The summed E-state index contributed by atoms with van der Waals surface area (Å²) in [6.07, 6.45) is 0.132. The molecule has 0 unspecified atom stereocenters. The van der Waals surface area contributed by atoms with E-state index in [1.807, 2.05) is 51.1 Å². The van der Waals surface area contributed by atoms with Crippen molar-refractivity contribution >= 4 is 16.7 Å². The van der Waals surface area contributed by atoms with Crippen molar-refractivity contribution in [1.82, 2.24) is 5.32 Å². The van der Waals surface area contributed by atoms with Crippen molar-refractivity contribution in [2.45, 2.75) is 39.8 Å². The Morgan fingerprint density at radius 1 is 1.00 bits per heavy atom. The number of carbonyl (C=O) groups is 1. The highest BCUT2D eigenvalue weighted by molar-refractivity contribution is 5.84. The van der Waals surface area contributed by atoms with Gasteiger partial charge in [-0.3, -0.25) is 4.79 Å². The molecule has 0 spiro atoms. The molecule has 0 aliphatic rings. The first-order valence-corrected chi connectivity index (χ1v) is 9.06. The SMILES string of the molecule is CC[C@H](Oc1cccc(C)c1C)C(=O)NCc1ccc2ccccc2c1. The molecule has 1 amide bonds. The van der Waals surface area contributed by atoms with Gasteiger partial charge >= 0.3 is 0 Å². The van der Waals surface area contributed by atoms with Crippen molar-refractivity contribution in [2.24, 2.45) is 0 Å². The predicted molar refractivity (Wildman–Crippen MR) is 106 cm³/mol. The second-order valence-corrected chi connectivity index (χ2v) is 6.61. The summed E-state index contributed by atoms with van der Waals surface area (Å²) in [6.45, 7) is 6.52. The maximum Gasteiger partial charge on any atom is 0.261 e. The van der Waals surface area contributed by atoms with Gasteiger partial charge in [-0.15, -0.1) is 0 Å². The van der Waals surface area contributed by atoms with Crippen molar-refractivity contribution in [1.29, 1.82) is 0 Å². The van der Waals surface area contributed by atoms with Crippen LogP contribution in [0.2, 0.25) is 0 Å². The zero-order chi connectivity index (χ0) is 18.5. The van der Waals surface area contributed by atoms with Crippen LogP contribution >= 0.6 is 0 Å². The van der Waals surface area contributed by atoms with E-state index in [0.717, 1.165) is 22.4 Å². The minimum absolute atomic E-state index is 0.0819. The lowest BCUT2D eigenvalue weighted by Gasteiger charge is -2.19. The molecule has 0 aliphatic heterocycles. The van der Waals surface area contributed by atoms with Crippen LogP contribution in [0.25, 0.3) is 10.8 Å². The van der Waals surface area contributed by atoms with Gasteiger partial charge in [-0.05, 0) is 59.9 Å². The van der Waals surface area contributed by atoms with Gasteiger partial charge in [0.1, 0.15) is 5.75 Å². The number of rotatable bonds is 6. The molecule has 134 valence electrons. The summed E-state index contributed by atoms with van der Waals surface area (Å²) < 4.78 is 5.98. The maximum atomic E-state index is 12.6. The van der Waals surface area contributed by atoms with Crippen molar-refractivity contribution in [2.75, 3.05) is 0 Å². The minimum atomic E-state index is -0.490. The zero-order valence-corrected chi connectivity index (χ0v) is 15.6. The number of benzene rings is 3. The van der Waals surface area contributed by atoms with Crippen molar-refractivity contribution in [3.05, 3.63) is 77.4 Å². The molecule has 0 aliphatic carbocycles. The standard InChI is InChI=1S/C23H25NO2/c1-4-21(26-22-11-7-8-16(2)17(22)3)23(25)24-15-18-12-13-19-9-5-6-10-20(19)14-18/h5-14,21H,4,15H2,1-3H3,(H,24,25)/t21-/m0/s1. The van der Waals surface area contributed by atoms with Crippen LogP contribution in [-0.2, 0) is 11.3 Å². The largest absolute Gasteiger partial charge is 0.480 e. The number of nitrogens with one attached hydrogen (secondary N) is 1. The molecule has 0 bridgehead atoms. The second-order valence-electron chi connectivity index (χ2n) is 6.61. The van der Waals surface area contributed by atoms with Gasteiger partial charge in [0.05, 0.1) is 0 Å². The highest BCUT2D eigenvalue weighted by Crippen LogP contribution is 2.22. The first kappa shape index (κ1) is 18.0. The average molecular weight is 347 g/mol. The Morgan fingerprint density at radius 3 is 2.54 bits per heavy atom. The summed E-state index contributed by atoms with van der Waals surface area (Å²) in [5.74, 6) is 0.694. The molecule has 0 heterocycles. The lowest BCUT2D eigenvalue weighted by Crippen LogP contribution is -2.37. The van der Waals surface area contributed by atoms with Crippen LogP contribution in [0, 0.1) is 13.8 Å². The number of ether oxygens (including phenoxy) is 1. The fourth-order valence-corrected chi connectivity index (χ4v) is 2.98. The number of aryl methyl sites for hydroxylation is 1. The van der Waals surface area contributed by atoms with E-state index in [-0.39, 0.29) is 5.91 Å². The van der Waals surface area contributed by atoms with Crippen LogP contribution in [0.3, 0.4) is 0 Å².